The summed E-state index contributed by atoms with van der Waals surface area (Å²) in [7, 11) is 1.94. The molecule has 6 heteroatoms. The molecule has 0 atom stereocenters. The van der Waals surface area contributed by atoms with Gasteiger partial charge in [0.15, 0.2) is 11.5 Å². The fraction of sp³-hybridized carbons (Fsp3) is 0.312. The number of nitrogens with zero attached hydrogens (tertiary/aromatic N) is 1. The van der Waals surface area contributed by atoms with Crippen molar-refractivity contribution in [2.24, 2.45) is 0 Å². The van der Waals surface area contributed by atoms with Crippen molar-refractivity contribution in [2.45, 2.75) is 13.1 Å². The smallest absolute Gasteiger partial charge is 0.234 e. The van der Waals surface area contributed by atoms with E-state index in [0.29, 0.717) is 13.1 Å². The number of ether oxygens (including phenoxy) is 2. The van der Waals surface area contributed by atoms with E-state index in [0.717, 1.165) is 23.6 Å². The summed E-state index contributed by atoms with van der Waals surface area (Å²) in [5.74, 6) is 1.50. The Kier molecular flexibility index (Phi) is 4.60. The lowest BCUT2D eigenvalue weighted by Crippen LogP contribution is -2.34. The molecule has 116 valence electrons. The Morgan fingerprint density at radius 3 is 2.95 bits per heavy atom. The number of hydrogen-bond donors (Lipinski definition) is 1. The molecule has 1 aliphatic heterocycles. The molecule has 1 aliphatic rings. The van der Waals surface area contributed by atoms with Gasteiger partial charge in [-0.1, -0.05) is 6.07 Å². The van der Waals surface area contributed by atoms with Crippen LogP contribution in [0.4, 0.5) is 0 Å². The number of benzene rings is 1. The highest BCUT2D eigenvalue weighted by molar-refractivity contribution is 7.07. The molecule has 1 amide bonds. The van der Waals surface area contributed by atoms with Gasteiger partial charge < -0.3 is 14.8 Å². The van der Waals surface area contributed by atoms with Gasteiger partial charge in [-0.2, -0.15) is 11.3 Å². The fourth-order valence-corrected chi connectivity index (χ4v) is 2.96. The van der Waals surface area contributed by atoms with Gasteiger partial charge in [-0.3, -0.25) is 9.69 Å². The predicted molar refractivity (Wildman–Crippen MR) is 85.1 cm³/mol. The van der Waals surface area contributed by atoms with Gasteiger partial charge in [0.05, 0.1) is 6.54 Å². The third-order valence-corrected chi connectivity index (χ3v) is 4.10. The quantitative estimate of drug-likeness (QED) is 0.887. The second-order valence-electron chi connectivity index (χ2n) is 5.27. The summed E-state index contributed by atoms with van der Waals surface area (Å²) in [6, 6.07) is 7.78. The van der Waals surface area contributed by atoms with E-state index in [1.54, 1.807) is 11.3 Å². The SMILES string of the molecule is CN(CC(=O)NCc1ccc2c(c1)OCO2)Cc1ccsc1. The van der Waals surface area contributed by atoms with E-state index >= 15 is 0 Å². The molecule has 2 heterocycles. The molecule has 1 aromatic carbocycles. The van der Waals surface area contributed by atoms with Crippen LogP contribution in [0.3, 0.4) is 0 Å². The molecule has 2 aromatic rings. The van der Waals surface area contributed by atoms with Crippen molar-refractivity contribution in [1.29, 1.82) is 0 Å². The van der Waals surface area contributed by atoms with Crippen molar-refractivity contribution in [3.05, 3.63) is 46.2 Å². The number of thiophene rings is 1. The average Bonchev–Trinajstić information content (AvgIpc) is 3.15. The maximum Gasteiger partial charge on any atom is 0.234 e. The Balaban J connectivity index is 1.46. The minimum atomic E-state index is 0.00963. The van der Waals surface area contributed by atoms with Gasteiger partial charge in [-0.25, -0.2) is 0 Å². The number of nitrogens with one attached hydrogen (secondary N) is 1. The fourth-order valence-electron chi connectivity index (χ4n) is 2.30. The molecule has 0 saturated carbocycles. The number of carbonyl (C=O) groups excluding carboxylic acids is 1. The van der Waals surface area contributed by atoms with Crippen LogP contribution >= 0.6 is 11.3 Å². The molecule has 22 heavy (non-hydrogen) atoms. The van der Waals surface area contributed by atoms with Crippen molar-refractivity contribution < 1.29 is 14.3 Å². The number of amides is 1. The Bertz CT molecular complexity index is 643. The number of hydrogen-bond acceptors (Lipinski definition) is 5. The van der Waals surface area contributed by atoms with E-state index in [1.807, 2.05) is 35.5 Å². The highest BCUT2D eigenvalue weighted by atomic mass is 32.1. The van der Waals surface area contributed by atoms with Crippen LogP contribution in [0, 0.1) is 0 Å². The van der Waals surface area contributed by atoms with Crippen LogP contribution in [0.1, 0.15) is 11.1 Å². The first-order valence-electron chi connectivity index (χ1n) is 7.05. The summed E-state index contributed by atoms with van der Waals surface area (Å²) >= 11 is 1.67. The topological polar surface area (TPSA) is 50.8 Å². The molecule has 0 spiro atoms. The normalized spacial score (nSPS) is 12.6. The Morgan fingerprint density at radius 2 is 2.14 bits per heavy atom. The highest BCUT2D eigenvalue weighted by Gasteiger charge is 2.13. The number of rotatable bonds is 6. The lowest BCUT2D eigenvalue weighted by Gasteiger charge is -2.15. The van der Waals surface area contributed by atoms with Crippen LogP contribution in [0.2, 0.25) is 0 Å². The first kappa shape index (κ1) is 14.9. The highest BCUT2D eigenvalue weighted by Crippen LogP contribution is 2.32. The summed E-state index contributed by atoms with van der Waals surface area (Å²) in [4.78, 5) is 14.0. The van der Waals surface area contributed by atoms with Crippen molar-refractivity contribution in [3.63, 3.8) is 0 Å². The Hall–Kier alpha value is -2.05. The molecule has 5 nitrogen and oxygen atoms in total. The summed E-state index contributed by atoms with van der Waals surface area (Å²) in [6.45, 7) is 1.90. The largest absolute Gasteiger partial charge is 0.454 e. The zero-order chi connectivity index (χ0) is 15.4. The van der Waals surface area contributed by atoms with E-state index in [-0.39, 0.29) is 12.7 Å². The van der Waals surface area contributed by atoms with Gasteiger partial charge in [-0.05, 0) is 47.1 Å². The van der Waals surface area contributed by atoms with Crippen molar-refractivity contribution >= 4 is 17.2 Å². The van der Waals surface area contributed by atoms with E-state index in [1.165, 1.54) is 5.56 Å². The van der Waals surface area contributed by atoms with Crippen LogP contribution in [0.25, 0.3) is 0 Å². The summed E-state index contributed by atoms with van der Waals surface area (Å²) in [5, 5.41) is 7.07. The molecule has 1 N–H and O–H groups in total. The first-order valence-corrected chi connectivity index (χ1v) is 8.00. The van der Waals surface area contributed by atoms with E-state index in [9.17, 15) is 4.79 Å². The molecule has 0 fully saturated rings. The van der Waals surface area contributed by atoms with Crippen molar-refractivity contribution in [3.8, 4) is 11.5 Å². The monoisotopic (exact) mass is 318 g/mol. The van der Waals surface area contributed by atoms with Gasteiger partial charge in [0, 0.05) is 13.1 Å². The van der Waals surface area contributed by atoms with Gasteiger partial charge in [-0.15, -0.1) is 0 Å². The molecular formula is C16H18N2O3S. The Morgan fingerprint density at radius 1 is 1.27 bits per heavy atom. The zero-order valence-electron chi connectivity index (χ0n) is 12.4. The standard InChI is InChI=1S/C16H18N2O3S/c1-18(8-13-4-5-22-10-13)9-16(19)17-7-12-2-3-14-15(6-12)21-11-20-14/h2-6,10H,7-9,11H2,1H3,(H,17,19). The molecule has 3 rings (SSSR count). The molecule has 0 aliphatic carbocycles. The number of likely N-dealkylation sites (N-methyl/N-ethyl adjacent to an activating group) is 1. The van der Waals surface area contributed by atoms with E-state index < -0.39 is 0 Å². The summed E-state index contributed by atoms with van der Waals surface area (Å²) in [6.07, 6.45) is 0. The number of fused-ring (bicyclic) bond motifs is 1. The van der Waals surface area contributed by atoms with E-state index in [4.69, 9.17) is 9.47 Å². The third-order valence-electron chi connectivity index (χ3n) is 3.37. The van der Waals surface area contributed by atoms with Crippen LogP contribution in [0.15, 0.2) is 35.0 Å². The molecule has 0 bridgehead atoms. The predicted octanol–water partition coefficient (Wildman–Crippen LogP) is 2.22. The lowest BCUT2D eigenvalue weighted by molar-refractivity contribution is -0.122. The maximum atomic E-state index is 12.0. The molecule has 0 saturated heterocycles. The van der Waals surface area contributed by atoms with Crippen molar-refractivity contribution in [2.75, 3.05) is 20.4 Å². The molecule has 1 aromatic heterocycles. The zero-order valence-corrected chi connectivity index (χ0v) is 13.2. The maximum absolute atomic E-state index is 12.0. The van der Waals surface area contributed by atoms with Crippen LogP contribution in [-0.2, 0) is 17.9 Å². The summed E-state index contributed by atoms with van der Waals surface area (Å²) in [5.41, 5.74) is 2.23. The second kappa shape index (κ2) is 6.81. The first-order chi connectivity index (χ1) is 10.7. The molecule has 0 unspecified atom stereocenters. The van der Waals surface area contributed by atoms with Gasteiger partial charge in [0.2, 0.25) is 12.7 Å². The van der Waals surface area contributed by atoms with E-state index in [2.05, 4.69) is 16.8 Å². The van der Waals surface area contributed by atoms with Gasteiger partial charge >= 0.3 is 0 Å². The Labute approximate surface area is 133 Å². The summed E-state index contributed by atoms with van der Waals surface area (Å²) < 4.78 is 10.6. The van der Waals surface area contributed by atoms with Gasteiger partial charge in [0.25, 0.3) is 0 Å². The molecule has 0 radical (unpaired) electrons. The minimum absolute atomic E-state index is 0.00963. The van der Waals surface area contributed by atoms with Crippen molar-refractivity contribution in [1.82, 2.24) is 10.2 Å². The van der Waals surface area contributed by atoms with Crippen LogP contribution in [0.5, 0.6) is 11.5 Å². The average molecular weight is 318 g/mol. The third kappa shape index (κ3) is 3.78. The minimum Gasteiger partial charge on any atom is -0.454 e. The lowest BCUT2D eigenvalue weighted by atomic mass is 10.2. The van der Waals surface area contributed by atoms with Crippen LogP contribution in [-0.4, -0.2) is 31.2 Å². The number of carbonyl (C=O) groups is 1. The van der Waals surface area contributed by atoms with Gasteiger partial charge in [0.1, 0.15) is 0 Å². The second-order valence-corrected chi connectivity index (χ2v) is 6.05. The van der Waals surface area contributed by atoms with Crippen LogP contribution < -0.4 is 14.8 Å². The molecular weight excluding hydrogens is 300 g/mol.